The predicted octanol–water partition coefficient (Wildman–Crippen LogP) is 2.87. The van der Waals surface area contributed by atoms with Crippen LogP contribution in [0.25, 0.3) is 6.08 Å². The molecule has 2 aromatic rings. The average Bonchev–Trinajstić information content (AvgIpc) is 2.67. The van der Waals surface area contributed by atoms with E-state index in [1.807, 2.05) is 54.6 Å². The zero-order valence-corrected chi connectivity index (χ0v) is 15.3. The number of benzene rings is 2. The van der Waals surface area contributed by atoms with E-state index >= 15 is 0 Å². The van der Waals surface area contributed by atoms with Gasteiger partial charge in [-0.25, -0.2) is 0 Å². The third kappa shape index (κ3) is 5.77. The smallest absolute Gasteiger partial charge is 0.244 e. The van der Waals surface area contributed by atoms with Crippen molar-refractivity contribution in [3.63, 3.8) is 0 Å². The van der Waals surface area contributed by atoms with E-state index in [-0.39, 0.29) is 11.8 Å². The standard InChI is InChI=1S/C21H24N2O3/c1-16(22-20(24)14-11-17-7-5-4-6-8-17)21(25)23(2)15-18-9-12-19(26-3)13-10-18/h4-14,16H,15H2,1-3H3,(H,22,24)/b14-11+. The Hall–Kier alpha value is -3.08. The van der Waals surface area contributed by atoms with Crippen molar-refractivity contribution < 1.29 is 14.3 Å². The third-order valence-electron chi connectivity index (χ3n) is 3.91. The summed E-state index contributed by atoms with van der Waals surface area (Å²) in [6, 6.07) is 16.4. The van der Waals surface area contributed by atoms with E-state index in [0.29, 0.717) is 6.54 Å². The molecule has 0 saturated carbocycles. The number of ether oxygens (including phenoxy) is 1. The monoisotopic (exact) mass is 352 g/mol. The van der Waals surface area contributed by atoms with E-state index in [4.69, 9.17) is 4.74 Å². The van der Waals surface area contributed by atoms with Crippen LogP contribution >= 0.6 is 0 Å². The van der Waals surface area contributed by atoms with Crippen LogP contribution in [0, 0.1) is 0 Å². The molecule has 0 radical (unpaired) electrons. The van der Waals surface area contributed by atoms with Gasteiger partial charge in [-0.05, 0) is 36.3 Å². The molecule has 1 atom stereocenters. The number of nitrogens with one attached hydrogen (secondary N) is 1. The van der Waals surface area contributed by atoms with E-state index in [0.717, 1.165) is 16.9 Å². The van der Waals surface area contributed by atoms with Gasteiger partial charge < -0.3 is 15.0 Å². The van der Waals surface area contributed by atoms with Crippen molar-refractivity contribution in [3.05, 3.63) is 71.8 Å². The van der Waals surface area contributed by atoms with E-state index in [1.165, 1.54) is 6.08 Å². The van der Waals surface area contributed by atoms with Gasteiger partial charge in [-0.2, -0.15) is 0 Å². The van der Waals surface area contributed by atoms with Gasteiger partial charge in [-0.3, -0.25) is 9.59 Å². The number of nitrogens with zero attached hydrogens (tertiary/aromatic N) is 1. The number of hydrogen-bond donors (Lipinski definition) is 1. The van der Waals surface area contributed by atoms with Gasteiger partial charge in [0.25, 0.3) is 0 Å². The molecule has 1 N–H and O–H groups in total. The number of likely N-dealkylation sites (N-methyl/N-ethyl adjacent to an activating group) is 1. The molecule has 0 aliphatic carbocycles. The van der Waals surface area contributed by atoms with Gasteiger partial charge in [-0.1, -0.05) is 42.5 Å². The van der Waals surface area contributed by atoms with Crippen LogP contribution in [0.15, 0.2) is 60.7 Å². The highest BCUT2D eigenvalue weighted by atomic mass is 16.5. The van der Waals surface area contributed by atoms with Crippen LogP contribution in [0.1, 0.15) is 18.1 Å². The lowest BCUT2D eigenvalue weighted by Gasteiger charge is -2.22. The van der Waals surface area contributed by atoms with E-state index in [2.05, 4.69) is 5.32 Å². The summed E-state index contributed by atoms with van der Waals surface area (Å²) < 4.78 is 5.12. The fourth-order valence-corrected chi connectivity index (χ4v) is 2.47. The predicted molar refractivity (Wildman–Crippen MR) is 103 cm³/mol. The summed E-state index contributed by atoms with van der Waals surface area (Å²) in [6.07, 6.45) is 3.15. The van der Waals surface area contributed by atoms with Crippen LogP contribution in [-0.2, 0) is 16.1 Å². The van der Waals surface area contributed by atoms with Crippen LogP contribution in [0.4, 0.5) is 0 Å². The fraction of sp³-hybridized carbons (Fsp3) is 0.238. The summed E-state index contributed by atoms with van der Waals surface area (Å²) in [4.78, 5) is 26.0. The average molecular weight is 352 g/mol. The minimum atomic E-state index is -0.605. The second-order valence-corrected chi connectivity index (χ2v) is 6.02. The molecule has 5 nitrogen and oxygen atoms in total. The van der Waals surface area contributed by atoms with Crippen molar-refractivity contribution in [1.29, 1.82) is 0 Å². The lowest BCUT2D eigenvalue weighted by molar-refractivity contribution is -0.134. The second-order valence-electron chi connectivity index (χ2n) is 6.02. The topological polar surface area (TPSA) is 58.6 Å². The zero-order valence-electron chi connectivity index (χ0n) is 15.3. The van der Waals surface area contributed by atoms with Gasteiger partial charge in [0, 0.05) is 19.7 Å². The Kier molecular flexibility index (Phi) is 6.97. The molecule has 0 aromatic heterocycles. The molecular weight excluding hydrogens is 328 g/mol. The number of carbonyl (C=O) groups is 2. The molecule has 2 aromatic carbocycles. The van der Waals surface area contributed by atoms with Crippen molar-refractivity contribution in [2.45, 2.75) is 19.5 Å². The molecule has 0 aliphatic heterocycles. The highest BCUT2D eigenvalue weighted by Gasteiger charge is 2.18. The molecule has 0 saturated heterocycles. The van der Waals surface area contributed by atoms with Crippen LogP contribution in [0.2, 0.25) is 0 Å². The summed E-state index contributed by atoms with van der Waals surface area (Å²) in [5.41, 5.74) is 1.92. The highest BCUT2D eigenvalue weighted by Crippen LogP contribution is 2.13. The van der Waals surface area contributed by atoms with E-state index in [9.17, 15) is 9.59 Å². The number of rotatable bonds is 7. The van der Waals surface area contributed by atoms with Crippen molar-refractivity contribution in [2.24, 2.45) is 0 Å². The first-order chi connectivity index (χ1) is 12.5. The zero-order chi connectivity index (χ0) is 18.9. The van der Waals surface area contributed by atoms with Crippen LogP contribution in [0.5, 0.6) is 5.75 Å². The van der Waals surface area contributed by atoms with E-state index < -0.39 is 6.04 Å². The highest BCUT2D eigenvalue weighted by molar-refractivity contribution is 5.95. The lowest BCUT2D eigenvalue weighted by atomic mass is 10.2. The van der Waals surface area contributed by atoms with Gasteiger partial charge in [0.1, 0.15) is 11.8 Å². The van der Waals surface area contributed by atoms with Crippen LogP contribution in [0.3, 0.4) is 0 Å². The summed E-state index contributed by atoms with van der Waals surface area (Å²) in [5.74, 6) is 0.323. The molecule has 0 heterocycles. The van der Waals surface area contributed by atoms with Crippen molar-refractivity contribution in [2.75, 3.05) is 14.2 Å². The first-order valence-electron chi connectivity index (χ1n) is 8.41. The Morgan fingerprint density at radius 2 is 1.77 bits per heavy atom. The SMILES string of the molecule is COc1ccc(CN(C)C(=O)C(C)NC(=O)/C=C/c2ccccc2)cc1. The minimum Gasteiger partial charge on any atom is -0.497 e. The Morgan fingerprint density at radius 1 is 1.12 bits per heavy atom. The van der Waals surface area contributed by atoms with Crippen molar-refractivity contribution in [1.82, 2.24) is 10.2 Å². The summed E-state index contributed by atoms with van der Waals surface area (Å²) in [5, 5.41) is 2.70. The molecule has 0 bridgehead atoms. The van der Waals surface area contributed by atoms with Gasteiger partial charge >= 0.3 is 0 Å². The molecule has 136 valence electrons. The van der Waals surface area contributed by atoms with Gasteiger partial charge in [0.15, 0.2) is 0 Å². The largest absolute Gasteiger partial charge is 0.497 e. The molecule has 2 amide bonds. The number of amides is 2. The third-order valence-corrected chi connectivity index (χ3v) is 3.91. The molecular formula is C21H24N2O3. The minimum absolute atomic E-state index is 0.151. The van der Waals surface area contributed by atoms with Crippen molar-refractivity contribution >= 4 is 17.9 Å². The van der Waals surface area contributed by atoms with E-state index in [1.54, 1.807) is 32.1 Å². The molecule has 5 heteroatoms. The van der Waals surface area contributed by atoms with Crippen LogP contribution in [-0.4, -0.2) is 36.9 Å². The quantitative estimate of drug-likeness (QED) is 0.780. The number of carbonyl (C=O) groups excluding carboxylic acids is 2. The first kappa shape index (κ1) is 19.2. The fourth-order valence-electron chi connectivity index (χ4n) is 2.47. The Balaban J connectivity index is 1.86. The number of methoxy groups -OCH3 is 1. The molecule has 0 fully saturated rings. The maximum Gasteiger partial charge on any atom is 0.244 e. The normalized spacial score (nSPS) is 11.8. The van der Waals surface area contributed by atoms with Gasteiger partial charge in [0.05, 0.1) is 7.11 Å². The molecule has 26 heavy (non-hydrogen) atoms. The Labute approximate surface area is 154 Å². The molecule has 0 aliphatic rings. The molecule has 1 unspecified atom stereocenters. The lowest BCUT2D eigenvalue weighted by Crippen LogP contribution is -2.44. The van der Waals surface area contributed by atoms with Crippen molar-refractivity contribution in [3.8, 4) is 5.75 Å². The van der Waals surface area contributed by atoms with Crippen LogP contribution < -0.4 is 10.1 Å². The van der Waals surface area contributed by atoms with Gasteiger partial charge in [-0.15, -0.1) is 0 Å². The second kappa shape index (κ2) is 9.42. The summed E-state index contributed by atoms with van der Waals surface area (Å²) in [7, 11) is 3.33. The first-order valence-corrected chi connectivity index (χ1v) is 8.41. The summed E-state index contributed by atoms with van der Waals surface area (Å²) in [6.45, 7) is 2.14. The summed E-state index contributed by atoms with van der Waals surface area (Å²) >= 11 is 0. The Morgan fingerprint density at radius 3 is 2.38 bits per heavy atom. The molecule has 2 rings (SSSR count). The number of hydrogen-bond acceptors (Lipinski definition) is 3. The van der Waals surface area contributed by atoms with Gasteiger partial charge in [0.2, 0.25) is 11.8 Å². The maximum atomic E-state index is 12.4. The maximum absolute atomic E-state index is 12.4. The Bertz CT molecular complexity index is 755. The molecule has 0 spiro atoms.